The van der Waals surface area contributed by atoms with E-state index in [1.54, 1.807) is 18.1 Å². The summed E-state index contributed by atoms with van der Waals surface area (Å²) in [6, 6.07) is 9.31. The Hall–Kier alpha value is -1.27. The van der Waals surface area contributed by atoms with Crippen LogP contribution in [0.15, 0.2) is 30.3 Å². The van der Waals surface area contributed by atoms with E-state index >= 15 is 0 Å². The van der Waals surface area contributed by atoms with Gasteiger partial charge in [-0.15, -0.1) is 11.3 Å². The molecule has 1 aliphatic heterocycles. The van der Waals surface area contributed by atoms with Crippen LogP contribution in [0.25, 0.3) is 0 Å². The normalized spacial score (nSPS) is 16.8. The zero-order chi connectivity index (χ0) is 17.8. The zero-order valence-electron chi connectivity index (χ0n) is 13.8. The number of benzene rings is 1. The number of nitrogens with zero attached hydrogens (tertiary/aromatic N) is 1. The number of rotatable bonds is 6. The van der Waals surface area contributed by atoms with Crippen LogP contribution in [0.2, 0.25) is 8.67 Å². The number of amides is 1. The van der Waals surface area contributed by atoms with Crippen molar-refractivity contribution >= 4 is 40.4 Å². The first-order chi connectivity index (χ1) is 12.1. The number of para-hydroxylation sites is 1. The highest BCUT2D eigenvalue weighted by Crippen LogP contribution is 2.33. The van der Waals surface area contributed by atoms with Gasteiger partial charge >= 0.3 is 0 Å². The molecule has 0 radical (unpaired) electrons. The molecule has 1 unspecified atom stereocenters. The van der Waals surface area contributed by atoms with Crippen molar-refractivity contribution < 1.29 is 14.3 Å². The number of hydrogen-bond donors (Lipinski definition) is 0. The molecule has 0 spiro atoms. The molecular formula is C18H19Cl2NO3S. The maximum Gasteiger partial charge on any atom is 0.256 e. The summed E-state index contributed by atoms with van der Waals surface area (Å²) in [7, 11) is 1.63. The van der Waals surface area contributed by atoms with Crippen molar-refractivity contribution in [2.45, 2.75) is 25.5 Å². The third-order valence-corrected chi connectivity index (χ3v) is 5.66. The summed E-state index contributed by atoms with van der Waals surface area (Å²) >= 11 is 13.4. The third-order valence-electron chi connectivity index (χ3n) is 4.18. The number of methoxy groups -OCH3 is 1. The summed E-state index contributed by atoms with van der Waals surface area (Å²) in [6.07, 6.45) is 2.02. The molecule has 2 heterocycles. The van der Waals surface area contributed by atoms with Crippen molar-refractivity contribution in [3.05, 3.63) is 50.1 Å². The van der Waals surface area contributed by atoms with Gasteiger partial charge in [-0.1, -0.05) is 41.4 Å². The van der Waals surface area contributed by atoms with Gasteiger partial charge in [0.1, 0.15) is 10.1 Å². The van der Waals surface area contributed by atoms with E-state index in [2.05, 4.69) is 0 Å². The Morgan fingerprint density at radius 1 is 1.40 bits per heavy atom. The Kier molecular flexibility index (Phi) is 6.23. The van der Waals surface area contributed by atoms with Crippen molar-refractivity contribution in [2.24, 2.45) is 0 Å². The first-order valence-corrected chi connectivity index (χ1v) is 9.63. The van der Waals surface area contributed by atoms with E-state index in [1.165, 1.54) is 11.3 Å². The van der Waals surface area contributed by atoms with Gasteiger partial charge in [-0.25, -0.2) is 0 Å². The van der Waals surface area contributed by atoms with Crippen LogP contribution in [0.1, 0.15) is 28.8 Å². The van der Waals surface area contributed by atoms with Gasteiger partial charge in [-0.05, 0) is 25.0 Å². The summed E-state index contributed by atoms with van der Waals surface area (Å²) in [4.78, 5) is 14.8. The van der Waals surface area contributed by atoms with E-state index in [0.717, 1.165) is 30.8 Å². The second-order valence-electron chi connectivity index (χ2n) is 5.87. The molecule has 1 saturated heterocycles. The number of thiophene rings is 1. The van der Waals surface area contributed by atoms with E-state index in [1.807, 2.05) is 24.3 Å². The van der Waals surface area contributed by atoms with E-state index in [9.17, 15) is 4.79 Å². The minimum atomic E-state index is -0.144. The van der Waals surface area contributed by atoms with Crippen LogP contribution >= 0.6 is 34.5 Å². The Bertz CT molecular complexity index is 744. The smallest absolute Gasteiger partial charge is 0.256 e. The average Bonchev–Trinajstić information content (AvgIpc) is 3.23. The van der Waals surface area contributed by atoms with Gasteiger partial charge < -0.3 is 14.4 Å². The van der Waals surface area contributed by atoms with E-state index in [4.69, 9.17) is 32.7 Å². The van der Waals surface area contributed by atoms with Crippen molar-refractivity contribution in [3.63, 3.8) is 0 Å². The predicted octanol–water partition coefficient (Wildman–Crippen LogP) is 4.88. The molecule has 3 rings (SSSR count). The molecule has 25 heavy (non-hydrogen) atoms. The van der Waals surface area contributed by atoms with Crippen LogP contribution in [0, 0.1) is 0 Å². The van der Waals surface area contributed by atoms with Crippen LogP contribution < -0.4 is 4.74 Å². The predicted molar refractivity (Wildman–Crippen MR) is 101 cm³/mol. The molecule has 4 nitrogen and oxygen atoms in total. The minimum absolute atomic E-state index is 0.0477. The standard InChI is InChI=1S/C18H19Cl2NO3S/c1-23-15-7-3-2-5-12(15)10-21(11-13-6-4-8-24-13)18(22)14-9-16(19)25-17(14)20/h2-3,5,7,9,13H,4,6,8,10-11H2,1H3. The molecule has 0 saturated carbocycles. The van der Waals surface area contributed by atoms with Crippen molar-refractivity contribution in [1.29, 1.82) is 0 Å². The molecule has 7 heteroatoms. The van der Waals surface area contributed by atoms with Crippen molar-refractivity contribution in [2.75, 3.05) is 20.3 Å². The monoisotopic (exact) mass is 399 g/mol. The Morgan fingerprint density at radius 3 is 2.84 bits per heavy atom. The number of hydrogen-bond acceptors (Lipinski definition) is 4. The van der Waals surface area contributed by atoms with Gasteiger partial charge in [-0.2, -0.15) is 0 Å². The molecule has 2 aromatic rings. The molecule has 1 fully saturated rings. The highest BCUT2D eigenvalue weighted by Gasteiger charge is 2.26. The molecule has 0 N–H and O–H groups in total. The fourth-order valence-electron chi connectivity index (χ4n) is 2.95. The molecule has 1 amide bonds. The van der Waals surface area contributed by atoms with Crippen molar-refractivity contribution in [1.82, 2.24) is 4.90 Å². The lowest BCUT2D eigenvalue weighted by Crippen LogP contribution is -2.37. The Labute approximate surface area is 161 Å². The first-order valence-electron chi connectivity index (χ1n) is 8.06. The molecule has 0 bridgehead atoms. The van der Waals surface area contributed by atoms with E-state index in [0.29, 0.717) is 27.3 Å². The van der Waals surface area contributed by atoms with Gasteiger partial charge in [0.2, 0.25) is 0 Å². The minimum Gasteiger partial charge on any atom is -0.496 e. The average molecular weight is 400 g/mol. The lowest BCUT2D eigenvalue weighted by atomic mass is 10.1. The maximum atomic E-state index is 13.1. The van der Waals surface area contributed by atoms with Gasteiger partial charge in [0.05, 0.1) is 23.1 Å². The first kappa shape index (κ1) is 18.5. The summed E-state index contributed by atoms with van der Waals surface area (Å²) in [6.45, 7) is 1.68. The Balaban J connectivity index is 1.86. The number of halogens is 2. The second kappa shape index (κ2) is 8.41. The lowest BCUT2D eigenvalue weighted by molar-refractivity contribution is 0.0506. The quantitative estimate of drug-likeness (QED) is 0.694. The number of ether oxygens (including phenoxy) is 2. The molecule has 134 valence electrons. The van der Waals surface area contributed by atoms with Crippen molar-refractivity contribution in [3.8, 4) is 5.75 Å². The molecule has 1 aromatic carbocycles. The molecule has 1 aromatic heterocycles. The van der Waals surface area contributed by atoms with Crippen LogP contribution in [0.4, 0.5) is 0 Å². The topological polar surface area (TPSA) is 38.8 Å². The van der Waals surface area contributed by atoms with Gasteiger partial charge in [0.25, 0.3) is 5.91 Å². The molecule has 0 aliphatic carbocycles. The van der Waals surface area contributed by atoms with Crippen LogP contribution in [-0.4, -0.2) is 37.2 Å². The fourth-order valence-corrected chi connectivity index (χ4v) is 4.40. The van der Waals surface area contributed by atoms with Crippen LogP contribution in [0.5, 0.6) is 5.75 Å². The molecule has 1 aliphatic rings. The highest BCUT2D eigenvalue weighted by atomic mass is 35.5. The highest BCUT2D eigenvalue weighted by molar-refractivity contribution is 7.20. The van der Waals surface area contributed by atoms with Gasteiger partial charge in [-0.3, -0.25) is 4.79 Å². The fraction of sp³-hybridized carbons (Fsp3) is 0.389. The zero-order valence-corrected chi connectivity index (χ0v) is 16.2. The largest absolute Gasteiger partial charge is 0.496 e. The van der Waals surface area contributed by atoms with E-state index in [-0.39, 0.29) is 12.0 Å². The Morgan fingerprint density at radius 2 is 2.20 bits per heavy atom. The molecular weight excluding hydrogens is 381 g/mol. The summed E-state index contributed by atoms with van der Waals surface area (Å²) in [5.74, 6) is 0.608. The molecule has 1 atom stereocenters. The number of carbonyl (C=O) groups excluding carboxylic acids is 1. The van der Waals surface area contributed by atoms with Gasteiger partial charge in [0.15, 0.2) is 0 Å². The van der Waals surface area contributed by atoms with E-state index < -0.39 is 0 Å². The summed E-state index contributed by atoms with van der Waals surface area (Å²) in [5.41, 5.74) is 1.37. The van der Waals surface area contributed by atoms with Gasteiger partial charge in [0, 0.05) is 25.3 Å². The summed E-state index contributed by atoms with van der Waals surface area (Å²) < 4.78 is 12.0. The van der Waals surface area contributed by atoms with Crippen LogP contribution in [0.3, 0.4) is 0 Å². The third kappa shape index (κ3) is 4.47. The maximum absolute atomic E-state index is 13.1. The SMILES string of the molecule is COc1ccccc1CN(CC1CCCO1)C(=O)c1cc(Cl)sc1Cl. The number of carbonyl (C=O) groups is 1. The second-order valence-corrected chi connectivity index (χ2v) is 8.16. The lowest BCUT2D eigenvalue weighted by Gasteiger charge is -2.26. The summed E-state index contributed by atoms with van der Waals surface area (Å²) in [5, 5.41) is 0. The van der Waals surface area contributed by atoms with Crippen LogP contribution in [-0.2, 0) is 11.3 Å².